The van der Waals surface area contributed by atoms with Gasteiger partial charge in [0.25, 0.3) is 0 Å². The average Bonchev–Trinajstić information content (AvgIpc) is 2.74. The predicted octanol–water partition coefficient (Wildman–Crippen LogP) is 3.34. The van der Waals surface area contributed by atoms with Gasteiger partial charge in [-0.05, 0) is 51.0 Å². The van der Waals surface area contributed by atoms with E-state index in [1.807, 2.05) is 20.8 Å². The molecule has 1 fully saturated rings. The lowest BCUT2D eigenvalue weighted by atomic mass is 9.89. The zero-order chi connectivity index (χ0) is 15.2. The third-order valence-corrected chi connectivity index (χ3v) is 4.02. The third kappa shape index (κ3) is 2.82. The second kappa shape index (κ2) is 4.90. The topological polar surface area (TPSA) is 41.6 Å². The molecule has 1 aromatic rings. The maximum Gasteiger partial charge on any atom is 0.410 e. The Hall–Kier alpha value is -1.78. The number of nitrogens with zero attached hydrogens (tertiary/aromatic N) is 1. The van der Waals surface area contributed by atoms with Gasteiger partial charge in [0.1, 0.15) is 11.4 Å². The van der Waals surface area contributed by atoms with Crippen LogP contribution >= 0.6 is 0 Å². The number of carbonyl (C=O) groups excluding carboxylic acids is 1. The zero-order valence-electron chi connectivity index (χ0n) is 12.6. The molecule has 21 heavy (non-hydrogen) atoms. The van der Waals surface area contributed by atoms with Crippen LogP contribution in [0.2, 0.25) is 0 Å². The highest BCUT2D eigenvalue weighted by Crippen LogP contribution is 2.40. The molecule has 0 aliphatic carbocycles. The van der Waals surface area contributed by atoms with Gasteiger partial charge in [-0.3, -0.25) is 0 Å². The van der Waals surface area contributed by atoms with Crippen LogP contribution in [0.15, 0.2) is 18.2 Å². The molecular weight excluding hydrogens is 271 g/mol. The highest BCUT2D eigenvalue weighted by Gasteiger charge is 2.39. The SMILES string of the molecule is CC(C)(C)OC(=O)N1CC[C@@H]2Nc3ccc(F)cc3[C@H]2C1. The Morgan fingerprint density at radius 1 is 1.43 bits per heavy atom. The monoisotopic (exact) mass is 292 g/mol. The minimum Gasteiger partial charge on any atom is -0.444 e. The minimum atomic E-state index is -0.494. The van der Waals surface area contributed by atoms with Gasteiger partial charge in [-0.15, -0.1) is 0 Å². The number of piperidine rings is 1. The van der Waals surface area contributed by atoms with Crippen LogP contribution in [0.25, 0.3) is 0 Å². The molecule has 2 aliphatic heterocycles. The molecule has 0 spiro atoms. The molecule has 1 amide bonds. The minimum absolute atomic E-state index is 0.136. The molecule has 1 N–H and O–H groups in total. The molecule has 3 rings (SSSR count). The first-order valence-corrected chi connectivity index (χ1v) is 7.37. The fourth-order valence-corrected chi connectivity index (χ4v) is 3.10. The van der Waals surface area contributed by atoms with E-state index in [4.69, 9.17) is 4.74 Å². The second-order valence-electron chi connectivity index (χ2n) is 6.80. The van der Waals surface area contributed by atoms with Gasteiger partial charge in [0.2, 0.25) is 0 Å². The molecule has 2 atom stereocenters. The van der Waals surface area contributed by atoms with E-state index in [0.29, 0.717) is 13.1 Å². The van der Waals surface area contributed by atoms with Gasteiger partial charge < -0.3 is 15.0 Å². The van der Waals surface area contributed by atoms with Crippen molar-refractivity contribution in [2.45, 2.75) is 44.8 Å². The van der Waals surface area contributed by atoms with Crippen LogP contribution in [0.5, 0.6) is 0 Å². The zero-order valence-corrected chi connectivity index (χ0v) is 12.6. The standard InChI is InChI=1S/C16H21FN2O2/c1-16(2,3)21-15(20)19-7-6-14-12(9-19)11-8-10(17)4-5-13(11)18-14/h4-5,8,12,14,18H,6-7,9H2,1-3H3/t12-,14+/m1/s1. The third-order valence-electron chi connectivity index (χ3n) is 4.02. The number of halogens is 1. The summed E-state index contributed by atoms with van der Waals surface area (Å²) in [5.41, 5.74) is 1.46. The van der Waals surface area contributed by atoms with Crippen molar-refractivity contribution in [2.24, 2.45) is 0 Å². The summed E-state index contributed by atoms with van der Waals surface area (Å²) in [4.78, 5) is 13.9. The van der Waals surface area contributed by atoms with E-state index >= 15 is 0 Å². The highest BCUT2D eigenvalue weighted by atomic mass is 19.1. The van der Waals surface area contributed by atoms with E-state index < -0.39 is 5.60 Å². The van der Waals surface area contributed by atoms with Gasteiger partial charge in [0.05, 0.1) is 0 Å². The Kier molecular flexibility index (Phi) is 3.30. The van der Waals surface area contributed by atoms with Crippen molar-refractivity contribution in [3.05, 3.63) is 29.6 Å². The first kappa shape index (κ1) is 14.2. The van der Waals surface area contributed by atoms with Crippen LogP contribution < -0.4 is 5.32 Å². The Bertz CT molecular complexity index is 568. The summed E-state index contributed by atoms with van der Waals surface area (Å²) in [7, 11) is 0. The Balaban J connectivity index is 1.76. The van der Waals surface area contributed by atoms with Crippen LogP contribution in [-0.2, 0) is 4.74 Å². The molecule has 0 bridgehead atoms. The summed E-state index contributed by atoms with van der Waals surface area (Å²) >= 11 is 0. The molecule has 1 saturated heterocycles. The van der Waals surface area contributed by atoms with Crippen molar-refractivity contribution in [2.75, 3.05) is 18.4 Å². The van der Waals surface area contributed by atoms with Gasteiger partial charge in [-0.2, -0.15) is 0 Å². The predicted molar refractivity (Wildman–Crippen MR) is 79.0 cm³/mol. The number of anilines is 1. The van der Waals surface area contributed by atoms with E-state index in [2.05, 4.69) is 5.32 Å². The number of nitrogens with one attached hydrogen (secondary N) is 1. The Morgan fingerprint density at radius 3 is 2.90 bits per heavy atom. The molecular formula is C16H21FN2O2. The van der Waals surface area contributed by atoms with Gasteiger partial charge in [-0.1, -0.05) is 0 Å². The smallest absolute Gasteiger partial charge is 0.410 e. The molecule has 5 heteroatoms. The summed E-state index contributed by atoms with van der Waals surface area (Å²) in [5.74, 6) is -0.0949. The molecule has 1 aromatic carbocycles. The lowest BCUT2D eigenvalue weighted by molar-refractivity contribution is 0.0195. The first-order chi connectivity index (χ1) is 9.83. The van der Waals surface area contributed by atoms with Crippen molar-refractivity contribution in [3.63, 3.8) is 0 Å². The molecule has 114 valence electrons. The Labute approximate surface area is 124 Å². The van der Waals surface area contributed by atoms with Gasteiger partial charge in [0, 0.05) is 30.7 Å². The first-order valence-electron chi connectivity index (χ1n) is 7.37. The van der Waals surface area contributed by atoms with Crippen molar-refractivity contribution in [3.8, 4) is 0 Å². The summed E-state index contributed by atoms with van der Waals surface area (Å²) in [6.45, 7) is 6.82. The fraction of sp³-hybridized carbons (Fsp3) is 0.562. The second-order valence-corrected chi connectivity index (χ2v) is 6.80. The fourth-order valence-electron chi connectivity index (χ4n) is 3.10. The number of likely N-dealkylation sites (tertiary alicyclic amines) is 1. The van der Waals surface area contributed by atoms with Crippen LogP contribution in [0, 0.1) is 5.82 Å². The van der Waals surface area contributed by atoms with Crippen LogP contribution in [0.3, 0.4) is 0 Å². The average molecular weight is 292 g/mol. The van der Waals surface area contributed by atoms with Crippen molar-refractivity contribution in [1.29, 1.82) is 0 Å². The summed E-state index contributed by atoms with van der Waals surface area (Å²) in [6.07, 6.45) is 0.561. The number of rotatable bonds is 0. The Morgan fingerprint density at radius 2 is 2.19 bits per heavy atom. The molecule has 0 unspecified atom stereocenters. The van der Waals surface area contributed by atoms with Crippen LogP contribution in [0.1, 0.15) is 38.7 Å². The van der Waals surface area contributed by atoms with E-state index in [1.54, 1.807) is 17.0 Å². The lowest BCUT2D eigenvalue weighted by Crippen LogP contribution is -2.46. The van der Waals surface area contributed by atoms with E-state index in [9.17, 15) is 9.18 Å². The number of benzene rings is 1. The molecule has 0 radical (unpaired) electrons. The highest BCUT2D eigenvalue weighted by molar-refractivity contribution is 5.69. The van der Waals surface area contributed by atoms with E-state index in [1.165, 1.54) is 6.07 Å². The molecule has 0 aromatic heterocycles. The van der Waals surface area contributed by atoms with Crippen molar-refractivity contribution >= 4 is 11.8 Å². The summed E-state index contributed by atoms with van der Waals surface area (Å²) in [6, 6.07) is 5.10. The van der Waals surface area contributed by atoms with Crippen LogP contribution in [0.4, 0.5) is 14.9 Å². The normalized spacial score (nSPS) is 24.1. The molecule has 2 heterocycles. The largest absolute Gasteiger partial charge is 0.444 e. The number of ether oxygens (including phenoxy) is 1. The van der Waals surface area contributed by atoms with E-state index in [0.717, 1.165) is 17.7 Å². The number of carbonyl (C=O) groups is 1. The van der Waals surface area contributed by atoms with Crippen molar-refractivity contribution < 1.29 is 13.9 Å². The van der Waals surface area contributed by atoms with E-state index in [-0.39, 0.29) is 23.9 Å². The van der Waals surface area contributed by atoms with Gasteiger partial charge in [0.15, 0.2) is 0 Å². The van der Waals surface area contributed by atoms with Crippen molar-refractivity contribution in [1.82, 2.24) is 4.90 Å². The summed E-state index contributed by atoms with van der Waals surface area (Å²) < 4.78 is 18.9. The maximum absolute atomic E-state index is 13.5. The molecule has 0 saturated carbocycles. The lowest BCUT2D eigenvalue weighted by Gasteiger charge is -2.36. The van der Waals surface area contributed by atoms with Gasteiger partial charge in [-0.25, -0.2) is 9.18 Å². The maximum atomic E-state index is 13.5. The number of fused-ring (bicyclic) bond motifs is 3. The van der Waals surface area contributed by atoms with Gasteiger partial charge >= 0.3 is 6.09 Å². The number of hydrogen-bond acceptors (Lipinski definition) is 3. The number of hydrogen-bond donors (Lipinski definition) is 1. The quantitative estimate of drug-likeness (QED) is 0.797. The summed E-state index contributed by atoms with van der Waals surface area (Å²) in [5, 5.41) is 3.43. The number of amides is 1. The van der Waals surface area contributed by atoms with Crippen LogP contribution in [-0.4, -0.2) is 35.7 Å². The molecule has 4 nitrogen and oxygen atoms in total. The molecule has 2 aliphatic rings.